The Balaban J connectivity index is -0.0000000752. The van der Waals surface area contributed by atoms with Gasteiger partial charge in [-0.3, -0.25) is 0 Å². The second-order valence-electron chi connectivity index (χ2n) is 10.3. The first-order valence-corrected chi connectivity index (χ1v) is 22.6. The second kappa shape index (κ2) is 61.9. The van der Waals surface area contributed by atoms with Crippen LogP contribution in [-0.2, 0) is 19.3 Å². The van der Waals surface area contributed by atoms with Crippen molar-refractivity contribution in [3.63, 3.8) is 0 Å². The number of hydrogen-bond donors (Lipinski definition) is 0. The minimum atomic E-state index is -0.0810. The fourth-order valence-corrected chi connectivity index (χ4v) is 4.35. The van der Waals surface area contributed by atoms with Crippen LogP contribution < -0.4 is 0 Å². The van der Waals surface area contributed by atoms with Crippen molar-refractivity contribution in [2.75, 3.05) is 0 Å². The summed E-state index contributed by atoms with van der Waals surface area (Å²) in [5.41, 5.74) is 5.87. The fraction of sp³-hybridized carbons (Fsp3) is 0.647. The lowest BCUT2D eigenvalue weighted by atomic mass is 9.82. The van der Waals surface area contributed by atoms with Gasteiger partial charge in [0.1, 0.15) is 5.82 Å². The van der Waals surface area contributed by atoms with Gasteiger partial charge >= 0.3 is 0 Å². The molecule has 2 heteroatoms. The minimum absolute atomic E-state index is 0.0810. The average Bonchev–Trinajstić information content (AvgIpc) is 3.25. The molecule has 0 nitrogen and oxygen atoms in total. The van der Waals surface area contributed by atoms with E-state index in [0.29, 0.717) is 0 Å². The second-order valence-corrected chi connectivity index (χ2v) is 10.7. The predicted octanol–water partition coefficient (Wildman–Crippen LogP) is 19.6. The summed E-state index contributed by atoms with van der Waals surface area (Å²) >= 11 is 5.67. The molecular formula is C51H98ClF. The molecule has 53 heavy (non-hydrogen) atoms. The first-order valence-electron chi connectivity index (χ1n) is 22.3. The van der Waals surface area contributed by atoms with Crippen LogP contribution in [-0.4, -0.2) is 0 Å². The van der Waals surface area contributed by atoms with Crippen molar-refractivity contribution in [2.45, 2.75) is 211 Å². The van der Waals surface area contributed by atoms with E-state index in [1.807, 2.05) is 161 Å². The van der Waals surface area contributed by atoms with Gasteiger partial charge in [0.2, 0.25) is 0 Å². The van der Waals surface area contributed by atoms with E-state index in [4.69, 9.17) is 11.6 Å². The Morgan fingerprint density at radius 3 is 1.13 bits per heavy atom. The zero-order chi connectivity index (χ0) is 43.6. The van der Waals surface area contributed by atoms with Gasteiger partial charge in [0.25, 0.3) is 0 Å². The molecule has 0 atom stereocenters. The van der Waals surface area contributed by atoms with Gasteiger partial charge in [-0.05, 0) is 85.4 Å². The summed E-state index contributed by atoms with van der Waals surface area (Å²) in [6, 6.07) is 21.9. The van der Waals surface area contributed by atoms with Gasteiger partial charge in [0, 0.05) is 5.02 Å². The van der Waals surface area contributed by atoms with E-state index in [1.54, 1.807) is 6.07 Å². The van der Waals surface area contributed by atoms with Gasteiger partial charge in [0.05, 0.1) is 0 Å². The van der Waals surface area contributed by atoms with Crippen molar-refractivity contribution in [3.8, 4) is 0 Å². The van der Waals surface area contributed by atoms with Gasteiger partial charge in [-0.2, -0.15) is 0 Å². The Morgan fingerprint density at radius 2 is 0.830 bits per heavy atom. The first kappa shape index (κ1) is 68.8. The molecule has 3 aromatic carbocycles. The number of benzene rings is 3. The highest BCUT2D eigenvalue weighted by molar-refractivity contribution is 6.30. The smallest absolute Gasteiger partial charge is 0.126 e. The molecule has 0 unspecified atom stereocenters. The lowest BCUT2D eigenvalue weighted by Gasteiger charge is -2.24. The van der Waals surface area contributed by atoms with Crippen molar-refractivity contribution >= 4 is 11.6 Å². The quantitative estimate of drug-likeness (QED) is 0.248. The van der Waals surface area contributed by atoms with E-state index in [2.05, 4.69) is 58.9 Å². The Kier molecular flexibility index (Phi) is 80.4. The highest BCUT2D eigenvalue weighted by Gasteiger charge is 2.15. The summed E-state index contributed by atoms with van der Waals surface area (Å²) in [6.45, 7) is 47.0. The number of halogens is 2. The highest BCUT2D eigenvalue weighted by atomic mass is 35.5. The molecule has 0 amide bonds. The van der Waals surface area contributed by atoms with Crippen molar-refractivity contribution in [2.24, 2.45) is 11.8 Å². The van der Waals surface area contributed by atoms with Crippen LogP contribution >= 0.6 is 11.6 Å². The Labute approximate surface area is 342 Å². The van der Waals surface area contributed by atoms with Crippen LogP contribution in [0.4, 0.5) is 4.39 Å². The van der Waals surface area contributed by atoms with Crippen LogP contribution in [0.15, 0.2) is 66.7 Å². The third-order valence-electron chi connectivity index (χ3n) is 7.15. The molecule has 0 heterocycles. The lowest BCUT2D eigenvalue weighted by molar-refractivity contribution is 0.284. The van der Waals surface area contributed by atoms with Crippen molar-refractivity contribution in [1.29, 1.82) is 0 Å². The molecule has 1 aliphatic carbocycles. The minimum Gasteiger partial charge on any atom is -0.207 e. The van der Waals surface area contributed by atoms with E-state index in [-0.39, 0.29) is 5.82 Å². The summed E-state index contributed by atoms with van der Waals surface area (Å²) in [5.74, 6) is 2.01. The molecule has 316 valence electrons. The lowest BCUT2D eigenvalue weighted by Crippen LogP contribution is -2.10. The Bertz CT molecular complexity index is 923. The van der Waals surface area contributed by atoms with Crippen molar-refractivity contribution < 1.29 is 4.39 Å². The third-order valence-corrected chi connectivity index (χ3v) is 7.40. The maximum Gasteiger partial charge on any atom is 0.126 e. The Morgan fingerprint density at radius 1 is 0.491 bits per heavy atom. The van der Waals surface area contributed by atoms with E-state index in [1.165, 1.54) is 48.8 Å². The first-order chi connectivity index (χ1) is 25.7. The van der Waals surface area contributed by atoms with E-state index in [9.17, 15) is 4.39 Å². The van der Waals surface area contributed by atoms with Crippen LogP contribution in [0.5, 0.6) is 0 Å². The molecular weight excluding hydrogens is 667 g/mol. The number of rotatable bonds is 4. The fourth-order valence-electron chi connectivity index (χ4n) is 4.22. The van der Waals surface area contributed by atoms with Gasteiger partial charge in [-0.15, -0.1) is 0 Å². The molecule has 0 spiro atoms. The summed E-state index contributed by atoms with van der Waals surface area (Å²) < 4.78 is 12.9. The van der Waals surface area contributed by atoms with Crippen LogP contribution in [0.2, 0.25) is 5.02 Å². The molecule has 0 aliphatic heterocycles. The molecule has 0 bridgehead atoms. The maximum absolute atomic E-state index is 12.9. The van der Waals surface area contributed by atoms with E-state index < -0.39 is 0 Å². The molecule has 1 aliphatic rings. The molecule has 0 aromatic heterocycles. The molecule has 0 radical (unpaired) electrons. The average molecular weight is 766 g/mol. The SMILES string of the molecule is CC.CC.CC.CC.CC.CC.CC.CC.CCC1CCC(C)CC1.CCc1ccc(C)cc1.CCc1ccc(C)cc1F.CCc1ccc(Cl)cc1. The zero-order valence-electron chi connectivity index (χ0n) is 40.4. The summed E-state index contributed by atoms with van der Waals surface area (Å²) in [5, 5.41) is 0.812. The molecule has 1 saturated carbocycles. The molecule has 1 fully saturated rings. The van der Waals surface area contributed by atoms with E-state index >= 15 is 0 Å². The molecule has 3 aromatic rings. The largest absolute Gasteiger partial charge is 0.207 e. The van der Waals surface area contributed by atoms with Gasteiger partial charge in [0.15, 0.2) is 0 Å². The van der Waals surface area contributed by atoms with Gasteiger partial charge in [-0.25, -0.2) is 4.39 Å². The molecule has 0 N–H and O–H groups in total. The van der Waals surface area contributed by atoms with Gasteiger partial charge in [-0.1, -0.05) is 243 Å². The third kappa shape index (κ3) is 47.9. The van der Waals surface area contributed by atoms with Gasteiger partial charge < -0.3 is 0 Å². The zero-order valence-corrected chi connectivity index (χ0v) is 41.2. The van der Waals surface area contributed by atoms with Crippen LogP contribution in [0.25, 0.3) is 0 Å². The van der Waals surface area contributed by atoms with Crippen LogP contribution in [0.3, 0.4) is 0 Å². The van der Waals surface area contributed by atoms with E-state index in [0.717, 1.165) is 47.2 Å². The predicted molar refractivity (Wildman–Crippen MR) is 254 cm³/mol. The Hall–Kier alpha value is -2.12. The summed E-state index contributed by atoms with van der Waals surface area (Å²) in [4.78, 5) is 0. The monoisotopic (exact) mass is 765 g/mol. The number of aryl methyl sites for hydroxylation is 5. The standard InChI is InChI=1S/C9H11F.C9H18.C9H12.C8H9Cl.8C2H6/c1-3-8-5-4-7(2)6-9(8)10;2*1-3-9-6-4-8(2)5-7-9;1-2-7-3-5-8(9)6-4-7;8*1-2/h4-6H,3H2,1-2H3;8-9H,3-7H2,1-2H3;4-7H,3H2,1-2H3;3-6H,2H2,1H3;8*1-2H3. The number of hydrogen-bond acceptors (Lipinski definition) is 0. The normalized spacial score (nSPS) is 12.2. The topological polar surface area (TPSA) is 0 Å². The van der Waals surface area contributed by atoms with Crippen molar-refractivity contribution in [1.82, 2.24) is 0 Å². The van der Waals surface area contributed by atoms with Crippen LogP contribution in [0.1, 0.15) is 205 Å². The van der Waals surface area contributed by atoms with Crippen molar-refractivity contribution in [3.05, 3.63) is 105 Å². The van der Waals surface area contributed by atoms with Crippen LogP contribution in [0, 0.1) is 31.5 Å². The highest BCUT2D eigenvalue weighted by Crippen LogP contribution is 2.29. The molecule has 4 rings (SSSR count). The molecule has 0 saturated heterocycles. The summed E-state index contributed by atoms with van der Waals surface area (Å²) in [7, 11) is 0. The maximum atomic E-state index is 12.9. The summed E-state index contributed by atoms with van der Waals surface area (Å²) in [6.07, 6.45) is 10.4.